The SMILES string of the molecule is CCN1CCOC(c2ncc(CNCC(C)C)[nH]2)C1. The zero-order valence-electron chi connectivity index (χ0n) is 12.3. The van der Waals surface area contributed by atoms with Crippen LogP contribution in [0.2, 0.25) is 0 Å². The van der Waals surface area contributed by atoms with Crippen molar-refractivity contribution < 1.29 is 4.74 Å². The van der Waals surface area contributed by atoms with Gasteiger partial charge in [0.25, 0.3) is 0 Å². The highest BCUT2D eigenvalue weighted by atomic mass is 16.5. The molecule has 0 amide bonds. The second-order valence-electron chi connectivity index (χ2n) is 5.57. The molecule has 0 bridgehead atoms. The number of nitrogens with zero attached hydrogens (tertiary/aromatic N) is 2. The van der Waals surface area contributed by atoms with Crippen molar-refractivity contribution >= 4 is 0 Å². The molecule has 1 fully saturated rings. The van der Waals surface area contributed by atoms with Crippen LogP contribution in [-0.2, 0) is 11.3 Å². The van der Waals surface area contributed by atoms with Gasteiger partial charge in [0.1, 0.15) is 11.9 Å². The Labute approximate surface area is 115 Å². The fourth-order valence-electron chi connectivity index (χ4n) is 2.28. The van der Waals surface area contributed by atoms with Crippen molar-refractivity contribution in [1.82, 2.24) is 20.2 Å². The third kappa shape index (κ3) is 4.30. The minimum Gasteiger partial charge on any atom is -0.368 e. The van der Waals surface area contributed by atoms with Crippen LogP contribution in [0.15, 0.2) is 6.20 Å². The summed E-state index contributed by atoms with van der Waals surface area (Å²) in [6.07, 6.45) is 2.00. The molecule has 0 aliphatic carbocycles. The van der Waals surface area contributed by atoms with Crippen LogP contribution in [-0.4, -0.2) is 47.7 Å². The Bertz CT molecular complexity index is 377. The molecule has 0 spiro atoms. The lowest BCUT2D eigenvalue weighted by atomic mass is 10.2. The number of nitrogens with one attached hydrogen (secondary N) is 2. The molecule has 1 aromatic heterocycles. The summed E-state index contributed by atoms with van der Waals surface area (Å²) in [7, 11) is 0. The Morgan fingerprint density at radius 1 is 1.58 bits per heavy atom. The standard InChI is InChI=1S/C14H26N4O/c1-4-18-5-6-19-13(10-18)14-16-9-12(17-14)8-15-7-11(2)3/h9,11,13,15H,4-8,10H2,1-3H3,(H,16,17). The first kappa shape index (κ1) is 14.5. The summed E-state index contributed by atoms with van der Waals surface area (Å²) in [6, 6.07) is 0. The summed E-state index contributed by atoms with van der Waals surface area (Å²) in [4.78, 5) is 10.2. The molecule has 2 rings (SSSR count). The summed E-state index contributed by atoms with van der Waals surface area (Å²) in [5.74, 6) is 1.63. The van der Waals surface area contributed by atoms with Gasteiger partial charge >= 0.3 is 0 Å². The lowest BCUT2D eigenvalue weighted by Crippen LogP contribution is -2.38. The van der Waals surface area contributed by atoms with Crippen molar-refractivity contribution in [3.05, 3.63) is 17.7 Å². The van der Waals surface area contributed by atoms with Crippen LogP contribution in [0.25, 0.3) is 0 Å². The van der Waals surface area contributed by atoms with Crippen molar-refractivity contribution in [3.63, 3.8) is 0 Å². The summed E-state index contributed by atoms with van der Waals surface area (Å²) in [5.41, 5.74) is 1.13. The van der Waals surface area contributed by atoms with E-state index in [2.05, 4.69) is 41.0 Å². The van der Waals surface area contributed by atoms with Crippen molar-refractivity contribution in [3.8, 4) is 0 Å². The first-order valence-corrected chi connectivity index (χ1v) is 7.27. The Balaban J connectivity index is 1.85. The van der Waals surface area contributed by atoms with E-state index >= 15 is 0 Å². The average Bonchev–Trinajstić information content (AvgIpc) is 2.87. The van der Waals surface area contributed by atoms with Crippen molar-refractivity contribution in [1.29, 1.82) is 0 Å². The predicted octanol–water partition coefficient (Wildman–Crippen LogP) is 1.55. The highest BCUT2D eigenvalue weighted by Gasteiger charge is 2.23. The van der Waals surface area contributed by atoms with Crippen LogP contribution < -0.4 is 5.32 Å². The van der Waals surface area contributed by atoms with Gasteiger partial charge in [-0.3, -0.25) is 4.90 Å². The Hall–Kier alpha value is -0.910. The number of ether oxygens (including phenoxy) is 1. The molecular formula is C14H26N4O. The zero-order valence-corrected chi connectivity index (χ0v) is 12.3. The first-order valence-electron chi connectivity index (χ1n) is 7.27. The van der Waals surface area contributed by atoms with E-state index in [0.29, 0.717) is 5.92 Å². The molecule has 0 radical (unpaired) electrons. The monoisotopic (exact) mass is 266 g/mol. The van der Waals surface area contributed by atoms with Crippen LogP contribution in [0.5, 0.6) is 0 Å². The van der Waals surface area contributed by atoms with Crippen molar-refractivity contribution in [2.45, 2.75) is 33.4 Å². The minimum atomic E-state index is 0.0903. The van der Waals surface area contributed by atoms with Crippen LogP contribution in [0.4, 0.5) is 0 Å². The number of aromatic nitrogens is 2. The van der Waals surface area contributed by atoms with E-state index < -0.39 is 0 Å². The highest BCUT2D eigenvalue weighted by molar-refractivity contribution is 5.04. The van der Waals surface area contributed by atoms with E-state index in [1.807, 2.05) is 6.20 Å². The van der Waals surface area contributed by atoms with Crippen LogP contribution >= 0.6 is 0 Å². The topological polar surface area (TPSA) is 53.2 Å². The number of H-pyrrole nitrogens is 1. The largest absolute Gasteiger partial charge is 0.368 e. The van der Waals surface area contributed by atoms with E-state index in [1.54, 1.807) is 0 Å². The van der Waals surface area contributed by atoms with E-state index in [1.165, 1.54) is 0 Å². The minimum absolute atomic E-state index is 0.0903. The smallest absolute Gasteiger partial charge is 0.136 e. The van der Waals surface area contributed by atoms with Crippen LogP contribution in [0.3, 0.4) is 0 Å². The fourth-order valence-corrected chi connectivity index (χ4v) is 2.28. The predicted molar refractivity (Wildman–Crippen MR) is 75.9 cm³/mol. The Morgan fingerprint density at radius 2 is 2.42 bits per heavy atom. The van der Waals surface area contributed by atoms with Crippen molar-refractivity contribution in [2.75, 3.05) is 32.8 Å². The molecule has 5 nitrogen and oxygen atoms in total. The molecule has 1 unspecified atom stereocenters. The highest BCUT2D eigenvalue weighted by Crippen LogP contribution is 2.19. The number of likely N-dealkylation sites (N-methyl/N-ethyl adjacent to an activating group) is 1. The van der Waals surface area contributed by atoms with Gasteiger partial charge < -0.3 is 15.0 Å². The molecule has 1 saturated heterocycles. The third-order valence-electron chi connectivity index (χ3n) is 3.42. The van der Waals surface area contributed by atoms with E-state index in [9.17, 15) is 0 Å². The number of hydrogen-bond donors (Lipinski definition) is 2. The summed E-state index contributed by atoms with van der Waals surface area (Å²) in [5, 5.41) is 3.41. The average molecular weight is 266 g/mol. The number of aromatic amines is 1. The maximum absolute atomic E-state index is 5.80. The maximum atomic E-state index is 5.80. The molecule has 2 N–H and O–H groups in total. The normalized spacial score (nSPS) is 21.2. The number of rotatable bonds is 6. The number of hydrogen-bond acceptors (Lipinski definition) is 4. The molecule has 2 heterocycles. The Kier molecular flexibility index (Phi) is 5.36. The molecule has 5 heteroatoms. The molecule has 1 aliphatic rings. The number of imidazole rings is 1. The Morgan fingerprint density at radius 3 is 3.16 bits per heavy atom. The molecule has 0 aromatic carbocycles. The summed E-state index contributed by atoms with van der Waals surface area (Å²) < 4.78 is 5.80. The molecule has 1 aromatic rings. The quantitative estimate of drug-likeness (QED) is 0.820. The van der Waals surface area contributed by atoms with Gasteiger partial charge in [-0.1, -0.05) is 20.8 Å². The second kappa shape index (κ2) is 7.03. The van der Waals surface area contributed by atoms with Gasteiger partial charge in [-0.2, -0.15) is 0 Å². The van der Waals surface area contributed by atoms with Gasteiger partial charge in [0, 0.05) is 31.5 Å². The second-order valence-corrected chi connectivity index (χ2v) is 5.57. The van der Waals surface area contributed by atoms with Crippen molar-refractivity contribution in [2.24, 2.45) is 5.92 Å². The van der Waals surface area contributed by atoms with E-state index in [-0.39, 0.29) is 6.10 Å². The van der Waals surface area contributed by atoms with Crippen LogP contribution in [0.1, 0.15) is 38.4 Å². The van der Waals surface area contributed by atoms with Gasteiger partial charge in [-0.25, -0.2) is 4.98 Å². The van der Waals surface area contributed by atoms with Gasteiger partial charge in [0.15, 0.2) is 0 Å². The van der Waals surface area contributed by atoms with E-state index in [4.69, 9.17) is 4.74 Å². The molecule has 1 aliphatic heterocycles. The van der Waals surface area contributed by atoms with Gasteiger partial charge in [-0.05, 0) is 19.0 Å². The first-order chi connectivity index (χ1) is 9.19. The van der Waals surface area contributed by atoms with E-state index in [0.717, 1.165) is 50.8 Å². The zero-order chi connectivity index (χ0) is 13.7. The summed E-state index contributed by atoms with van der Waals surface area (Å²) in [6.45, 7) is 12.3. The summed E-state index contributed by atoms with van der Waals surface area (Å²) >= 11 is 0. The maximum Gasteiger partial charge on any atom is 0.136 e. The molecule has 108 valence electrons. The van der Waals surface area contributed by atoms with Crippen LogP contribution in [0, 0.1) is 5.92 Å². The lowest BCUT2D eigenvalue weighted by Gasteiger charge is -2.30. The third-order valence-corrected chi connectivity index (χ3v) is 3.42. The molecular weight excluding hydrogens is 240 g/mol. The lowest BCUT2D eigenvalue weighted by molar-refractivity contribution is -0.0322. The number of morpholine rings is 1. The molecule has 0 saturated carbocycles. The van der Waals surface area contributed by atoms with Gasteiger partial charge in [0.05, 0.1) is 6.61 Å². The molecule has 1 atom stereocenters. The fraction of sp³-hybridized carbons (Fsp3) is 0.786. The van der Waals surface area contributed by atoms with Gasteiger partial charge in [-0.15, -0.1) is 0 Å². The molecule has 19 heavy (non-hydrogen) atoms. The van der Waals surface area contributed by atoms with Gasteiger partial charge in [0.2, 0.25) is 0 Å².